The summed E-state index contributed by atoms with van der Waals surface area (Å²) in [6, 6.07) is 20.6. The topological polar surface area (TPSA) is 118 Å². The smallest absolute Gasteiger partial charge is 0.425 e. The minimum absolute atomic E-state index is 0.0119. The highest BCUT2D eigenvalue weighted by atomic mass is 16.6. The van der Waals surface area contributed by atoms with E-state index in [9.17, 15) is 9.59 Å². The van der Waals surface area contributed by atoms with E-state index in [2.05, 4.69) is 20.5 Å². The Morgan fingerprint density at radius 2 is 1.75 bits per heavy atom. The van der Waals surface area contributed by atoms with Crippen molar-refractivity contribution in [3.63, 3.8) is 0 Å². The van der Waals surface area contributed by atoms with Crippen LogP contribution < -0.4 is 29.7 Å². The molecule has 1 unspecified atom stereocenters. The first-order valence-corrected chi connectivity index (χ1v) is 18.3. The molecule has 1 aliphatic rings. The van der Waals surface area contributed by atoms with Crippen LogP contribution in [0.25, 0.3) is 0 Å². The van der Waals surface area contributed by atoms with Crippen LogP contribution in [0.5, 0.6) is 17.2 Å². The summed E-state index contributed by atoms with van der Waals surface area (Å²) in [4.78, 5) is 39.7. The number of hydrogen-bond acceptors (Lipinski definition) is 9. The fraction of sp³-hybridized carbons (Fsp3) is 0.415. The molecule has 3 aromatic carbocycles. The molecule has 52 heavy (non-hydrogen) atoms. The van der Waals surface area contributed by atoms with Crippen LogP contribution in [0.2, 0.25) is 0 Å². The van der Waals surface area contributed by atoms with Gasteiger partial charge in [-0.15, -0.1) is 0 Å². The van der Waals surface area contributed by atoms with Crippen molar-refractivity contribution in [1.82, 2.24) is 20.2 Å². The van der Waals surface area contributed by atoms with E-state index < -0.39 is 6.09 Å². The third kappa shape index (κ3) is 10.7. The number of likely N-dealkylation sites (tertiary alicyclic amines) is 1. The molecule has 5 rings (SSSR count). The van der Waals surface area contributed by atoms with Crippen LogP contribution >= 0.6 is 0 Å². The summed E-state index contributed by atoms with van der Waals surface area (Å²) < 4.78 is 17.9. The maximum atomic E-state index is 14.2. The lowest BCUT2D eigenvalue weighted by atomic mass is 10.1. The van der Waals surface area contributed by atoms with Gasteiger partial charge in [0.1, 0.15) is 23.1 Å². The molecule has 276 valence electrons. The Hall–Kier alpha value is -5.16. The molecule has 0 saturated carbocycles. The van der Waals surface area contributed by atoms with Gasteiger partial charge in [-0.1, -0.05) is 43.7 Å². The van der Waals surface area contributed by atoms with Crippen LogP contribution in [0.15, 0.2) is 72.9 Å². The van der Waals surface area contributed by atoms with Crippen molar-refractivity contribution < 1.29 is 23.8 Å². The van der Waals surface area contributed by atoms with Gasteiger partial charge in [-0.25, -0.2) is 14.7 Å². The van der Waals surface area contributed by atoms with Crippen molar-refractivity contribution in [2.75, 3.05) is 43.6 Å². The molecule has 11 nitrogen and oxygen atoms in total. The van der Waals surface area contributed by atoms with Crippen LogP contribution in [0.1, 0.15) is 69.1 Å². The average Bonchev–Trinajstić information content (AvgIpc) is 3.15. The molecule has 0 bridgehead atoms. The van der Waals surface area contributed by atoms with Crippen LogP contribution in [-0.2, 0) is 11.2 Å². The van der Waals surface area contributed by atoms with Gasteiger partial charge in [-0.05, 0) is 107 Å². The Kier molecular flexibility index (Phi) is 13.8. The molecule has 0 radical (unpaired) electrons. The molecule has 2 heterocycles. The van der Waals surface area contributed by atoms with E-state index in [1.807, 2.05) is 82.3 Å². The third-order valence-electron chi connectivity index (χ3n) is 9.22. The zero-order chi connectivity index (χ0) is 36.9. The molecule has 1 atom stereocenters. The lowest BCUT2D eigenvalue weighted by Gasteiger charge is -2.26. The molecule has 4 aromatic rings. The van der Waals surface area contributed by atoms with Gasteiger partial charge in [-0.3, -0.25) is 4.79 Å². The van der Waals surface area contributed by atoms with Crippen molar-refractivity contribution in [2.45, 2.75) is 78.7 Å². The van der Waals surface area contributed by atoms with Crippen LogP contribution in [-0.4, -0.2) is 66.3 Å². The standard InChI is InChI=1S/C41H52N6O5/c1-6-31(4)43-38(48)20-18-32-17-19-35(36(27-32)50-5)47(41(49)52-39-29(2)13-10-14-30(39)3)37-21-22-42-40(45-37)44-33-15-11-16-34(28-33)51-26-12-25-46-23-8-7-9-24-46/h10-11,13-17,19,21-22,27-28,31H,6-9,12,18,20,23-26H2,1-5H3,(H,43,48)(H,42,44,45). The van der Waals surface area contributed by atoms with Gasteiger partial charge in [0.05, 0.1) is 19.4 Å². The monoisotopic (exact) mass is 708 g/mol. The second kappa shape index (κ2) is 18.9. The Morgan fingerprint density at radius 1 is 0.981 bits per heavy atom. The largest absolute Gasteiger partial charge is 0.495 e. The first-order valence-electron chi connectivity index (χ1n) is 18.3. The van der Waals surface area contributed by atoms with Crippen LogP contribution in [0, 0.1) is 13.8 Å². The summed E-state index contributed by atoms with van der Waals surface area (Å²) in [5, 5.41) is 6.27. The fourth-order valence-electron chi connectivity index (χ4n) is 6.17. The van der Waals surface area contributed by atoms with E-state index in [4.69, 9.17) is 19.2 Å². The number of benzene rings is 3. The first-order chi connectivity index (χ1) is 25.2. The van der Waals surface area contributed by atoms with Crippen molar-refractivity contribution in [2.24, 2.45) is 0 Å². The van der Waals surface area contributed by atoms with E-state index in [0.717, 1.165) is 47.5 Å². The molecule has 1 saturated heterocycles. The fourth-order valence-corrected chi connectivity index (χ4v) is 6.17. The van der Waals surface area contributed by atoms with Crippen molar-refractivity contribution >= 4 is 35.1 Å². The number of anilines is 4. The second-order valence-electron chi connectivity index (χ2n) is 13.3. The number of para-hydroxylation sites is 1. The van der Waals surface area contributed by atoms with E-state index in [-0.39, 0.29) is 23.7 Å². The van der Waals surface area contributed by atoms with Crippen molar-refractivity contribution in [1.29, 1.82) is 0 Å². The van der Waals surface area contributed by atoms with Gasteiger partial charge >= 0.3 is 6.09 Å². The number of carbonyl (C=O) groups is 2. The number of methoxy groups -OCH3 is 1. The first kappa shape index (κ1) is 38.1. The minimum atomic E-state index is -0.666. The Labute approximate surface area is 307 Å². The lowest BCUT2D eigenvalue weighted by Crippen LogP contribution is -2.32. The third-order valence-corrected chi connectivity index (χ3v) is 9.22. The molecule has 1 aromatic heterocycles. The number of aromatic nitrogens is 2. The SMILES string of the molecule is CCC(C)NC(=O)CCc1ccc(N(C(=O)Oc2c(C)cccc2C)c2ccnc(Nc3cccc(OCCCN4CCCCC4)c3)n2)c(OC)c1. The molecule has 0 spiro atoms. The van der Waals surface area contributed by atoms with Gasteiger partial charge in [0, 0.05) is 43.0 Å². The number of amides is 2. The molecule has 2 amide bonds. The number of piperidine rings is 1. The van der Waals surface area contributed by atoms with Gasteiger partial charge < -0.3 is 29.7 Å². The molecular weight excluding hydrogens is 656 g/mol. The van der Waals surface area contributed by atoms with E-state index in [1.54, 1.807) is 25.4 Å². The maximum Gasteiger partial charge on any atom is 0.425 e. The number of carbonyl (C=O) groups excluding carboxylic acids is 2. The quantitative estimate of drug-likeness (QED) is 0.111. The Morgan fingerprint density at radius 3 is 2.50 bits per heavy atom. The number of ether oxygens (including phenoxy) is 3. The van der Waals surface area contributed by atoms with E-state index in [1.165, 1.54) is 37.3 Å². The molecule has 11 heteroatoms. The predicted octanol–water partition coefficient (Wildman–Crippen LogP) is 8.28. The second-order valence-corrected chi connectivity index (χ2v) is 13.3. The van der Waals surface area contributed by atoms with Gasteiger partial charge in [0.25, 0.3) is 0 Å². The summed E-state index contributed by atoms with van der Waals surface area (Å²) in [6.07, 6.45) is 7.48. The Balaban J connectivity index is 1.36. The normalized spacial score (nSPS) is 13.6. The van der Waals surface area contributed by atoms with Crippen molar-refractivity contribution in [3.8, 4) is 17.2 Å². The number of aryl methyl sites for hydroxylation is 3. The van der Waals surface area contributed by atoms with Crippen molar-refractivity contribution in [3.05, 3.63) is 89.6 Å². The summed E-state index contributed by atoms with van der Waals surface area (Å²) in [6.45, 7) is 11.8. The number of rotatable bonds is 16. The average molecular weight is 709 g/mol. The highest BCUT2D eigenvalue weighted by molar-refractivity contribution is 5.98. The summed E-state index contributed by atoms with van der Waals surface area (Å²) >= 11 is 0. The molecule has 2 N–H and O–H groups in total. The highest BCUT2D eigenvalue weighted by Crippen LogP contribution is 2.36. The molecule has 0 aliphatic carbocycles. The zero-order valence-corrected chi connectivity index (χ0v) is 31.1. The van der Waals surface area contributed by atoms with E-state index >= 15 is 0 Å². The van der Waals surface area contributed by atoms with Gasteiger partial charge in [0.15, 0.2) is 0 Å². The van der Waals surface area contributed by atoms with Gasteiger partial charge in [-0.2, -0.15) is 4.98 Å². The highest BCUT2D eigenvalue weighted by Gasteiger charge is 2.27. The number of nitrogens with one attached hydrogen (secondary N) is 2. The molecule has 1 aliphatic heterocycles. The summed E-state index contributed by atoms with van der Waals surface area (Å²) in [5.41, 5.74) is 3.71. The molecular formula is C41H52N6O5. The van der Waals surface area contributed by atoms with Gasteiger partial charge in [0.2, 0.25) is 11.9 Å². The minimum Gasteiger partial charge on any atom is -0.495 e. The molecule has 1 fully saturated rings. The van der Waals surface area contributed by atoms with Crippen LogP contribution in [0.3, 0.4) is 0 Å². The lowest BCUT2D eigenvalue weighted by molar-refractivity contribution is -0.121. The Bertz CT molecular complexity index is 1770. The van der Waals surface area contributed by atoms with Crippen LogP contribution in [0.4, 0.5) is 27.9 Å². The zero-order valence-electron chi connectivity index (χ0n) is 31.1. The number of hydrogen-bond donors (Lipinski definition) is 2. The summed E-state index contributed by atoms with van der Waals surface area (Å²) in [5.74, 6) is 2.20. The maximum absolute atomic E-state index is 14.2. The van der Waals surface area contributed by atoms with E-state index in [0.29, 0.717) is 36.6 Å². The number of nitrogens with zero attached hydrogens (tertiary/aromatic N) is 4. The summed E-state index contributed by atoms with van der Waals surface area (Å²) in [7, 11) is 1.54. The predicted molar refractivity (Wildman–Crippen MR) is 205 cm³/mol.